The van der Waals surface area contributed by atoms with Crippen LogP contribution in [0.3, 0.4) is 0 Å². The average molecular weight is 292 g/mol. The Morgan fingerprint density at radius 2 is 2.25 bits per heavy atom. The van der Waals surface area contributed by atoms with Gasteiger partial charge in [0.15, 0.2) is 0 Å². The molecule has 0 radical (unpaired) electrons. The Kier molecular flexibility index (Phi) is 4.25. The number of nitriles is 1. The molecule has 7 nitrogen and oxygen atoms in total. The molecule has 0 N–H and O–H groups in total. The minimum atomic E-state index is -3.67. The van der Waals surface area contributed by atoms with Gasteiger partial charge in [0.25, 0.3) is 0 Å². The Hall–Kier alpha value is -2.07. The van der Waals surface area contributed by atoms with Crippen LogP contribution in [0.25, 0.3) is 0 Å². The summed E-state index contributed by atoms with van der Waals surface area (Å²) in [6.07, 6.45) is 3.95. The smallest absolute Gasteiger partial charge is 0.244 e. The lowest BCUT2D eigenvalue weighted by Gasteiger charge is -2.29. The highest BCUT2D eigenvalue weighted by molar-refractivity contribution is 7.89. The molecule has 20 heavy (non-hydrogen) atoms. The monoisotopic (exact) mass is 292 g/mol. The Morgan fingerprint density at radius 3 is 2.85 bits per heavy atom. The van der Waals surface area contributed by atoms with Crippen LogP contribution < -0.4 is 0 Å². The SMILES string of the molecule is N#Cc1ccc(S(=O)(=O)N2CCCC(N=C=O)C2)cn1. The molecule has 1 aromatic heterocycles. The van der Waals surface area contributed by atoms with Crippen molar-refractivity contribution in [2.24, 2.45) is 4.99 Å². The van der Waals surface area contributed by atoms with Gasteiger partial charge < -0.3 is 0 Å². The third-order valence-corrected chi connectivity index (χ3v) is 4.93. The van der Waals surface area contributed by atoms with E-state index in [0.717, 1.165) is 0 Å². The second kappa shape index (κ2) is 5.92. The number of sulfonamides is 1. The van der Waals surface area contributed by atoms with Gasteiger partial charge >= 0.3 is 0 Å². The molecule has 0 amide bonds. The van der Waals surface area contributed by atoms with Crippen LogP contribution >= 0.6 is 0 Å². The molecule has 1 aliphatic heterocycles. The van der Waals surface area contributed by atoms with Gasteiger partial charge in [-0.25, -0.2) is 23.2 Å². The summed E-state index contributed by atoms with van der Waals surface area (Å²) in [4.78, 5) is 17.7. The third-order valence-electron chi connectivity index (χ3n) is 3.08. The molecule has 8 heteroatoms. The van der Waals surface area contributed by atoms with Crippen LogP contribution in [0.4, 0.5) is 0 Å². The molecule has 0 bridgehead atoms. The predicted molar refractivity (Wildman–Crippen MR) is 68.9 cm³/mol. The minimum Gasteiger partial charge on any atom is -0.244 e. The van der Waals surface area contributed by atoms with Gasteiger partial charge in [-0.3, -0.25) is 0 Å². The zero-order valence-corrected chi connectivity index (χ0v) is 11.4. The Balaban J connectivity index is 2.25. The zero-order chi connectivity index (χ0) is 14.6. The Morgan fingerprint density at radius 1 is 1.45 bits per heavy atom. The molecule has 1 atom stereocenters. The van der Waals surface area contributed by atoms with Gasteiger partial charge in [0.1, 0.15) is 16.7 Å². The molecule has 0 aliphatic carbocycles. The normalized spacial score (nSPS) is 19.9. The second-order valence-electron chi connectivity index (χ2n) is 4.37. The minimum absolute atomic E-state index is 0.0345. The molecule has 1 aliphatic rings. The number of aromatic nitrogens is 1. The molecule has 0 saturated carbocycles. The maximum atomic E-state index is 12.4. The molecule has 1 unspecified atom stereocenters. The summed E-state index contributed by atoms with van der Waals surface area (Å²) in [5.74, 6) is 0. The van der Waals surface area contributed by atoms with Crippen LogP contribution in [-0.2, 0) is 14.8 Å². The highest BCUT2D eigenvalue weighted by Gasteiger charge is 2.30. The third kappa shape index (κ3) is 2.91. The lowest BCUT2D eigenvalue weighted by atomic mass is 10.1. The molecule has 1 fully saturated rings. The van der Waals surface area contributed by atoms with E-state index in [1.54, 1.807) is 0 Å². The van der Waals surface area contributed by atoms with Crippen molar-refractivity contribution in [3.8, 4) is 6.07 Å². The number of rotatable bonds is 3. The lowest BCUT2D eigenvalue weighted by molar-refractivity contribution is 0.316. The van der Waals surface area contributed by atoms with Crippen LogP contribution in [0.5, 0.6) is 0 Å². The number of isocyanates is 1. The molecular weight excluding hydrogens is 280 g/mol. The number of hydrogen-bond donors (Lipinski definition) is 0. The second-order valence-corrected chi connectivity index (χ2v) is 6.31. The highest BCUT2D eigenvalue weighted by atomic mass is 32.2. The van der Waals surface area contributed by atoms with E-state index < -0.39 is 10.0 Å². The fraction of sp³-hybridized carbons (Fsp3) is 0.417. The van der Waals surface area contributed by atoms with Crippen LogP contribution in [0.15, 0.2) is 28.2 Å². The quantitative estimate of drug-likeness (QED) is 0.594. The van der Waals surface area contributed by atoms with E-state index in [4.69, 9.17) is 5.26 Å². The fourth-order valence-electron chi connectivity index (χ4n) is 2.07. The standard InChI is InChI=1S/C12H12N4O3S/c13-6-10-3-4-12(7-14-10)20(18,19)16-5-1-2-11(8-16)15-9-17/h3-4,7,11H,1-2,5,8H2. The zero-order valence-electron chi connectivity index (χ0n) is 10.6. The van der Waals surface area contributed by atoms with Crippen molar-refractivity contribution in [2.45, 2.75) is 23.8 Å². The topological polar surface area (TPSA) is 103 Å². The number of carbonyl (C=O) groups excluding carboxylic acids is 1. The first-order valence-corrected chi connectivity index (χ1v) is 7.45. The van der Waals surface area contributed by atoms with Gasteiger partial charge in [0, 0.05) is 19.3 Å². The molecule has 1 aromatic rings. The number of nitrogens with zero attached hydrogens (tertiary/aromatic N) is 4. The summed E-state index contributed by atoms with van der Waals surface area (Å²) < 4.78 is 26.1. The summed E-state index contributed by atoms with van der Waals surface area (Å²) in [5.41, 5.74) is 0.158. The van der Waals surface area contributed by atoms with Gasteiger partial charge in [-0.05, 0) is 25.0 Å². The van der Waals surface area contributed by atoms with Crippen molar-refractivity contribution in [1.29, 1.82) is 5.26 Å². The highest BCUT2D eigenvalue weighted by Crippen LogP contribution is 2.21. The number of piperidine rings is 1. The summed E-state index contributed by atoms with van der Waals surface area (Å²) in [5, 5.41) is 8.65. The predicted octanol–water partition coefficient (Wildman–Crippen LogP) is 0.442. The summed E-state index contributed by atoms with van der Waals surface area (Å²) in [6.45, 7) is 0.546. The molecular formula is C12H12N4O3S. The van der Waals surface area contributed by atoms with Crippen LogP contribution in [-0.4, -0.2) is 42.9 Å². The van der Waals surface area contributed by atoms with Crippen molar-refractivity contribution >= 4 is 16.1 Å². The Labute approximate surface area is 116 Å². The maximum Gasteiger partial charge on any atom is 0.244 e. The van der Waals surface area contributed by atoms with E-state index in [0.29, 0.717) is 19.4 Å². The van der Waals surface area contributed by atoms with Gasteiger partial charge in [-0.1, -0.05) is 0 Å². The van der Waals surface area contributed by atoms with Crippen molar-refractivity contribution in [3.05, 3.63) is 24.0 Å². The van der Waals surface area contributed by atoms with E-state index >= 15 is 0 Å². The van der Waals surface area contributed by atoms with Crippen LogP contribution in [0.1, 0.15) is 18.5 Å². The van der Waals surface area contributed by atoms with Crippen molar-refractivity contribution in [3.63, 3.8) is 0 Å². The van der Waals surface area contributed by atoms with E-state index in [2.05, 4.69) is 9.98 Å². The van der Waals surface area contributed by atoms with E-state index in [1.165, 1.54) is 28.7 Å². The van der Waals surface area contributed by atoms with Crippen LogP contribution in [0.2, 0.25) is 0 Å². The van der Waals surface area contributed by atoms with Crippen molar-refractivity contribution < 1.29 is 13.2 Å². The lowest BCUT2D eigenvalue weighted by Crippen LogP contribution is -2.41. The molecule has 2 heterocycles. The van der Waals surface area contributed by atoms with Gasteiger partial charge in [-0.15, -0.1) is 0 Å². The number of aliphatic imine (C=N–C) groups is 1. The largest absolute Gasteiger partial charge is 0.244 e. The van der Waals surface area contributed by atoms with Gasteiger partial charge in [0.05, 0.1) is 6.04 Å². The fourth-order valence-corrected chi connectivity index (χ4v) is 3.53. The molecule has 104 valence electrons. The van der Waals surface area contributed by atoms with Crippen molar-refractivity contribution in [1.82, 2.24) is 9.29 Å². The number of hydrogen-bond acceptors (Lipinski definition) is 6. The first-order chi connectivity index (χ1) is 9.57. The maximum absolute atomic E-state index is 12.4. The van der Waals surface area contributed by atoms with E-state index in [1.807, 2.05) is 6.07 Å². The van der Waals surface area contributed by atoms with Crippen molar-refractivity contribution in [2.75, 3.05) is 13.1 Å². The summed E-state index contributed by atoms with van der Waals surface area (Å²) in [7, 11) is -3.67. The molecule has 2 rings (SSSR count). The van der Waals surface area contributed by atoms with Gasteiger partial charge in [0.2, 0.25) is 16.1 Å². The molecule has 0 aromatic carbocycles. The van der Waals surface area contributed by atoms with E-state index in [9.17, 15) is 13.2 Å². The molecule has 0 spiro atoms. The first-order valence-electron chi connectivity index (χ1n) is 6.01. The first kappa shape index (κ1) is 14.3. The van der Waals surface area contributed by atoms with Crippen LogP contribution in [0, 0.1) is 11.3 Å². The Bertz CT molecular complexity index is 672. The summed E-state index contributed by atoms with van der Waals surface area (Å²) in [6, 6.07) is 4.20. The van der Waals surface area contributed by atoms with E-state index in [-0.39, 0.29) is 23.2 Å². The average Bonchev–Trinajstić information content (AvgIpc) is 2.48. The number of pyridine rings is 1. The van der Waals surface area contributed by atoms with Gasteiger partial charge in [-0.2, -0.15) is 9.57 Å². The summed E-state index contributed by atoms with van der Waals surface area (Å²) >= 11 is 0. The molecule has 1 saturated heterocycles.